The van der Waals surface area contributed by atoms with Gasteiger partial charge in [0.2, 0.25) is 11.6 Å². The van der Waals surface area contributed by atoms with Gasteiger partial charge in [-0.1, -0.05) is 31.0 Å². The lowest BCUT2D eigenvalue weighted by atomic mass is 10.2. The summed E-state index contributed by atoms with van der Waals surface area (Å²) in [6.45, 7) is 1.52. The van der Waals surface area contributed by atoms with Crippen LogP contribution in [0, 0.1) is 10.1 Å². The van der Waals surface area contributed by atoms with Crippen molar-refractivity contribution in [2.45, 2.75) is 25.7 Å². The van der Waals surface area contributed by atoms with Crippen molar-refractivity contribution in [3.05, 3.63) is 71.0 Å². The SMILES string of the molecule is O=[N+]([O-])c1c(Nc2ccc(N=Nc3ccccc3)cc2)ncnc1N1CCCCCC1. The zero-order valence-corrected chi connectivity index (χ0v) is 17.0. The second-order valence-electron chi connectivity index (χ2n) is 7.26. The minimum absolute atomic E-state index is 0.0998. The molecule has 0 atom stereocenters. The fraction of sp³-hybridized carbons (Fsp3) is 0.273. The number of nitrogens with one attached hydrogen (secondary N) is 1. The highest BCUT2D eigenvalue weighted by molar-refractivity contribution is 5.74. The molecule has 2 heterocycles. The van der Waals surface area contributed by atoms with Crippen LogP contribution in [0.5, 0.6) is 0 Å². The lowest BCUT2D eigenvalue weighted by Gasteiger charge is -2.21. The zero-order chi connectivity index (χ0) is 21.5. The molecule has 1 saturated heterocycles. The highest BCUT2D eigenvalue weighted by Gasteiger charge is 2.27. The number of hydrogen-bond donors (Lipinski definition) is 1. The first kappa shape index (κ1) is 20.4. The van der Waals surface area contributed by atoms with Gasteiger partial charge in [-0.05, 0) is 49.2 Å². The van der Waals surface area contributed by atoms with E-state index in [1.54, 1.807) is 24.3 Å². The van der Waals surface area contributed by atoms with Crippen LogP contribution in [-0.2, 0) is 0 Å². The molecule has 0 aliphatic carbocycles. The summed E-state index contributed by atoms with van der Waals surface area (Å²) in [6.07, 6.45) is 5.65. The summed E-state index contributed by atoms with van der Waals surface area (Å²) in [7, 11) is 0. The average Bonchev–Trinajstić information content (AvgIpc) is 3.09. The molecular weight excluding hydrogens is 394 g/mol. The van der Waals surface area contributed by atoms with E-state index in [4.69, 9.17) is 0 Å². The Hall–Kier alpha value is -3.88. The van der Waals surface area contributed by atoms with Gasteiger partial charge in [0.1, 0.15) is 6.33 Å². The number of nitro groups is 1. The summed E-state index contributed by atoms with van der Waals surface area (Å²) < 4.78 is 0. The molecule has 1 fully saturated rings. The molecule has 158 valence electrons. The van der Waals surface area contributed by atoms with Crippen LogP contribution in [0.3, 0.4) is 0 Å². The normalized spacial score (nSPS) is 14.4. The Morgan fingerprint density at radius 1 is 0.871 bits per heavy atom. The number of azo groups is 1. The fourth-order valence-electron chi connectivity index (χ4n) is 3.50. The maximum atomic E-state index is 11.9. The Labute approximate surface area is 180 Å². The molecule has 0 amide bonds. The van der Waals surface area contributed by atoms with E-state index in [0.717, 1.165) is 44.5 Å². The van der Waals surface area contributed by atoms with Crippen molar-refractivity contribution < 1.29 is 4.92 Å². The Bertz CT molecular complexity index is 1050. The van der Waals surface area contributed by atoms with Gasteiger partial charge in [-0.3, -0.25) is 10.1 Å². The van der Waals surface area contributed by atoms with E-state index in [1.165, 1.54) is 6.33 Å². The Kier molecular flexibility index (Phi) is 6.41. The van der Waals surface area contributed by atoms with Crippen LogP contribution >= 0.6 is 0 Å². The van der Waals surface area contributed by atoms with E-state index in [9.17, 15) is 10.1 Å². The van der Waals surface area contributed by atoms with Crippen LogP contribution < -0.4 is 10.2 Å². The number of anilines is 3. The van der Waals surface area contributed by atoms with Gasteiger partial charge in [0, 0.05) is 18.8 Å². The van der Waals surface area contributed by atoms with Crippen LogP contribution in [0.1, 0.15) is 25.7 Å². The first-order valence-corrected chi connectivity index (χ1v) is 10.3. The Morgan fingerprint density at radius 2 is 1.52 bits per heavy atom. The molecule has 0 spiro atoms. The third-order valence-corrected chi connectivity index (χ3v) is 5.06. The van der Waals surface area contributed by atoms with E-state index in [-0.39, 0.29) is 11.5 Å². The van der Waals surface area contributed by atoms with Gasteiger partial charge < -0.3 is 10.2 Å². The summed E-state index contributed by atoms with van der Waals surface area (Å²) >= 11 is 0. The largest absolute Gasteiger partial charge is 0.353 e. The van der Waals surface area contributed by atoms with Gasteiger partial charge in [0.15, 0.2) is 0 Å². The van der Waals surface area contributed by atoms with Crippen molar-refractivity contribution in [2.24, 2.45) is 10.2 Å². The van der Waals surface area contributed by atoms with Crippen molar-refractivity contribution in [1.29, 1.82) is 0 Å². The summed E-state index contributed by atoms with van der Waals surface area (Å²) in [4.78, 5) is 21.8. The number of rotatable bonds is 6. The van der Waals surface area contributed by atoms with Crippen molar-refractivity contribution in [2.75, 3.05) is 23.3 Å². The average molecular weight is 417 g/mol. The predicted octanol–water partition coefficient (Wildman–Crippen LogP) is 5.92. The van der Waals surface area contributed by atoms with Gasteiger partial charge in [-0.2, -0.15) is 10.2 Å². The summed E-state index contributed by atoms with van der Waals surface area (Å²) in [5.74, 6) is 0.551. The predicted molar refractivity (Wildman–Crippen MR) is 120 cm³/mol. The lowest BCUT2D eigenvalue weighted by molar-refractivity contribution is -0.383. The van der Waals surface area contributed by atoms with Crippen LogP contribution in [0.15, 0.2) is 71.2 Å². The first-order valence-electron chi connectivity index (χ1n) is 10.3. The topological polar surface area (TPSA) is 109 Å². The van der Waals surface area contributed by atoms with E-state index < -0.39 is 4.92 Å². The maximum Gasteiger partial charge on any atom is 0.353 e. The van der Waals surface area contributed by atoms with E-state index in [0.29, 0.717) is 17.2 Å². The smallest absolute Gasteiger partial charge is 0.351 e. The number of hydrogen-bond acceptors (Lipinski definition) is 8. The molecule has 4 rings (SSSR count). The lowest BCUT2D eigenvalue weighted by Crippen LogP contribution is -2.26. The standard InChI is InChI=1S/C22H23N7O2/c30-29(31)20-21(23-16-24-22(20)28-14-6-1-2-7-15-28)25-17-10-12-19(13-11-17)27-26-18-8-4-3-5-9-18/h3-5,8-13,16H,1-2,6-7,14-15H2,(H,23,24,25). The molecule has 9 nitrogen and oxygen atoms in total. The summed E-state index contributed by atoms with van der Waals surface area (Å²) in [5, 5.41) is 23.3. The van der Waals surface area contributed by atoms with Gasteiger partial charge in [-0.25, -0.2) is 9.97 Å². The second-order valence-corrected chi connectivity index (χ2v) is 7.26. The van der Waals surface area contributed by atoms with Gasteiger partial charge in [-0.15, -0.1) is 0 Å². The van der Waals surface area contributed by atoms with Crippen molar-refractivity contribution >= 4 is 34.4 Å². The number of benzene rings is 2. The molecule has 1 N–H and O–H groups in total. The third-order valence-electron chi connectivity index (χ3n) is 5.06. The molecule has 1 aliphatic rings. The zero-order valence-electron chi connectivity index (χ0n) is 17.0. The molecular formula is C22H23N7O2. The van der Waals surface area contributed by atoms with E-state index in [2.05, 4.69) is 25.5 Å². The number of nitrogens with zero attached hydrogens (tertiary/aromatic N) is 6. The van der Waals surface area contributed by atoms with Crippen LogP contribution in [0.25, 0.3) is 0 Å². The molecule has 0 radical (unpaired) electrons. The summed E-state index contributed by atoms with van der Waals surface area (Å²) in [5.41, 5.74) is 2.01. The fourth-order valence-corrected chi connectivity index (χ4v) is 3.50. The Balaban J connectivity index is 1.54. The molecule has 0 unspecified atom stereocenters. The van der Waals surface area contributed by atoms with Crippen LogP contribution in [0.2, 0.25) is 0 Å². The summed E-state index contributed by atoms with van der Waals surface area (Å²) in [6, 6.07) is 16.6. The monoisotopic (exact) mass is 417 g/mol. The van der Waals surface area contributed by atoms with Crippen molar-refractivity contribution in [3.8, 4) is 0 Å². The Morgan fingerprint density at radius 3 is 2.16 bits per heavy atom. The molecule has 9 heteroatoms. The highest BCUT2D eigenvalue weighted by Crippen LogP contribution is 2.34. The highest BCUT2D eigenvalue weighted by atomic mass is 16.6. The van der Waals surface area contributed by atoms with Gasteiger partial charge >= 0.3 is 5.69 Å². The first-order chi connectivity index (χ1) is 15.2. The van der Waals surface area contributed by atoms with Crippen LogP contribution in [-0.4, -0.2) is 28.0 Å². The van der Waals surface area contributed by atoms with Gasteiger partial charge in [0.25, 0.3) is 0 Å². The minimum Gasteiger partial charge on any atom is -0.351 e. The van der Waals surface area contributed by atoms with Crippen molar-refractivity contribution in [1.82, 2.24) is 9.97 Å². The quantitative estimate of drug-likeness (QED) is 0.303. The molecule has 1 aliphatic heterocycles. The maximum absolute atomic E-state index is 11.9. The molecule has 2 aromatic carbocycles. The molecule has 1 aromatic heterocycles. The molecule has 3 aromatic rings. The van der Waals surface area contributed by atoms with Crippen LogP contribution in [0.4, 0.5) is 34.4 Å². The molecule has 0 saturated carbocycles. The number of aromatic nitrogens is 2. The molecule has 31 heavy (non-hydrogen) atoms. The third kappa shape index (κ3) is 5.19. The van der Waals surface area contributed by atoms with E-state index >= 15 is 0 Å². The van der Waals surface area contributed by atoms with Gasteiger partial charge in [0.05, 0.1) is 16.3 Å². The van der Waals surface area contributed by atoms with E-state index in [1.807, 2.05) is 35.2 Å². The minimum atomic E-state index is -0.412. The van der Waals surface area contributed by atoms with Crippen molar-refractivity contribution in [3.63, 3.8) is 0 Å². The molecule has 0 bridgehead atoms. The second kappa shape index (κ2) is 9.75.